The molecular weight excluding hydrogens is 328 g/mol. The van der Waals surface area contributed by atoms with Crippen LogP contribution in [0.3, 0.4) is 0 Å². The number of aromatic nitrogens is 2. The molecule has 0 saturated heterocycles. The first-order valence-electron chi connectivity index (χ1n) is 7.96. The Balaban J connectivity index is 1.87. The summed E-state index contributed by atoms with van der Waals surface area (Å²) in [5.41, 5.74) is 9.09. The van der Waals surface area contributed by atoms with Gasteiger partial charge in [0.1, 0.15) is 0 Å². The minimum Gasteiger partial charge on any atom is -0.376 e. The molecule has 1 aromatic heterocycles. The minimum atomic E-state index is -0.122. The maximum atomic E-state index is 13.0. The Morgan fingerprint density at radius 2 is 2.33 bits per heavy atom. The molecule has 1 amide bonds. The number of hydrogen-bond donors (Lipinski definition) is 1. The lowest BCUT2D eigenvalue weighted by Crippen LogP contribution is -2.35. The smallest absolute Gasteiger partial charge is 0.275 e. The van der Waals surface area contributed by atoms with Gasteiger partial charge in [-0.05, 0) is 17.7 Å². The van der Waals surface area contributed by atoms with E-state index in [-0.39, 0.29) is 5.91 Å². The molecule has 128 valence electrons. The molecule has 1 aliphatic heterocycles. The predicted molar refractivity (Wildman–Crippen MR) is 91.8 cm³/mol. The Morgan fingerprint density at radius 3 is 3.08 bits per heavy atom. The summed E-state index contributed by atoms with van der Waals surface area (Å²) in [7, 11) is 1.87. The average molecular weight is 349 g/mol. The van der Waals surface area contributed by atoms with E-state index in [4.69, 9.17) is 22.1 Å². The number of fused-ring (bicyclic) bond motifs is 1. The number of aryl methyl sites for hydroxylation is 1. The van der Waals surface area contributed by atoms with Gasteiger partial charge in [-0.15, -0.1) is 0 Å². The van der Waals surface area contributed by atoms with E-state index in [0.717, 1.165) is 23.2 Å². The van der Waals surface area contributed by atoms with Crippen LogP contribution in [0.15, 0.2) is 24.3 Å². The van der Waals surface area contributed by atoms with Crippen LogP contribution in [-0.4, -0.2) is 40.3 Å². The van der Waals surface area contributed by atoms with Gasteiger partial charge in [-0.3, -0.25) is 9.48 Å². The number of carbonyl (C=O) groups excluding carboxylic acids is 1. The van der Waals surface area contributed by atoms with Crippen LogP contribution >= 0.6 is 11.6 Å². The van der Waals surface area contributed by atoms with E-state index < -0.39 is 0 Å². The molecular formula is C17H21ClN4O2. The topological polar surface area (TPSA) is 73.4 Å². The van der Waals surface area contributed by atoms with Gasteiger partial charge in [-0.1, -0.05) is 23.7 Å². The van der Waals surface area contributed by atoms with Crippen LogP contribution in [0, 0.1) is 0 Å². The van der Waals surface area contributed by atoms with Crippen LogP contribution in [0.2, 0.25) is 5.02 Å². The molecule has 3 rings (SSSR count). The van der Waals surface area contributed by atoms with Gasteiger partial charge in [0.15, 0.2) is 5.69 Å². The van der Waals surface area contributed by atoms with Crippen molar-refractivity contribution >= 4 is 17.5 Å². The fourth-order valence-corrected chi connectivity index (χ4v) is 3.21. The third kappa shape index (κ3) is 3.45. The molecule has 2 heterocycles. The molecule has 1 aromatic carbocycles. The lowest BCUT2D eigenvalue weighted by Gasteiger charge is -2.22. The number of nitrogens with zero attached hydrogens (tertiary/aromatic N) is 3. The fraction of sp³-hybridized carbons (Fsp3) is 0.412. The molecule has 0 bridgehead atoms. The first-order chi connectivity index (χ1) is 11.6. The fourth-order valence-electron chi connectivity index (χ4n) is 3.00. The first kappa shape index (κ1) is 17.0. The van der Waals surface area contributed by atoms with E-state index in [9.17, 15) is 4.79 Å². The zero-order valence-electron chi connectivity index (χ0n) is 13.7. The van der Waals surface area contributed by atoms with Crippen molar-refractivity contribution in [3.63, 3.8) is 0 Å². The van der Waals surface area contributed by atoms with Crippen molar-refractivity contribution < 1.29 is 9.53 Å². The van der Waals surface area contributed by atoms with Crippen LogP contribution in [0.1, 0.15) is 27.3 Å². The molecule has 24 heavy (non-hydrogen) atoms. The Bertz CT molecular complexity index is 744. The maximum Gasteiger partial charge on any atom is 0.275 e. The van der Waals surface area contributed by atoms with Gasteiger partial charge < -0.3 is 15.4 Å². The number of hydrogen-bond acceptors (Lipinski definition) is 4. The van der Waals surface area contributed by atoms with Crippen LogP contribution in [0.4, 0.5) is 0 Å². The molecule has 7 heteroatoms. The summed E-state index contributed by atoms with van der Waals surface area (Å²) in [6, 6.07) is 7.49. The summed E-state index contributed by atoms with van der Waals surface area (Å²) in [6.07, 6.45) is 0.775. The van der Waals surface area contributed by atoms with Crippen molar-refractivity contribution in [1.82, 2.24) is 14.7 Å². The Hall–Kier alpha value is -1.89. The van der Waals surface area contributed by atoms with Gasteiger partial charge >= 0.3 is 0 Å². The van der Waals surface area contributed by atoms with Crippen LogP contribution in [0.25, 0.3) is 0 Å². The zero-order valence-corrected chi connectivity index (χ0v) is 14.4. The lowest BCUT2D eigenvalue weighted by molar-refractivity contribution is 0.0729. The monoisotopic (exact) mass is 348 g/mol. The average Bonchev–Trinajstić information content (AvgIpc) is 2.91. The highest BCUT2D eigenvalue weighted by molar-refractivity contribution is 6.30. The summed E-state index contributed by atoms with van der Waals surface area (Å²) in [5.74, 6) is -0.122. The van der Waals surface area contributed by atoms with Gasteiger partial charge in [0, 0.05) is 49.4 Å². The van der Waals surface area contributed by atoms with E-state index >= 15 is 0 Å². The number of amides is 1. The van der Waals surface area contributed by atoms with Gasteiger partial charge in [0.05, 0.1) is 13.2 Å². The molecule has 0 radical (unpaired) electrons. The summed E-state index contributed by atoms with van der Waals surface area (Å²) in [5, 5.41) is 5.08. The number of halogens is 1. The molecule has 0 atom stereocenters. The van der Waals surface area contributed by atoms with Gasteiger partial charge in [0.25, 0.3) is 5.91 Å². The molecule has 0 saturated carbocycles. The lowest BCUT2D eigenvalue weighted by atomic mass is 10.1. The van der Waals surface area contributed by atoms with Gasteiger partial charge in [-0.2, -0.15) is 5.10 Å². The number of nitrogens with two attached hydrogens (primary N) is 1. The third-order valence-electron chi connectivity index (χ3n) is 4.16. The second-order valence-electron chi connectivity index (χ2n) is 5.85. The standard InChI is InChI=1S/C17H21ClN4O2/c1-21-15-5-8-24-11-14(15)16(20-21)17(23)22(7-6-19)10-12-3-2-4-13(18)9-12/h2-4,9H,5-8,10-11,19H2,1H3. The first-order valence-corrected chi connectivity index (χ1v) is 8.34. The summed E-state index contributed by atoms with van der Waals surface area (Å²) in [6.45, 7) is 2.38. The highest BCUT2D eigenvalue weighted by atomic mass is 35.5. The zero-order chi connectivity index (χ0) is 17.1. The van der Waals surface area contributed by atoms with Crippen molar-refractivity contribution in [3.05, 3.63) is 51.8 Å². The second kappa shape index (κ2) is 7.34. The maximum absolute atomic E-state index is 13.0. The highest BCUT2D eigenvalue weighted by Gasteiger charge is 2.27. The third-order valence-corrected chi connectivity index (χ3v) is 4.39. The number of rotatable bonds is 5. The molecule has 6 nitrogen and oxygen atoms in total. The van der Waals surface area contributed by atoms with Gasteiger partial charge in [0.2, 0.25) is 0 Å². The van der Waals surface area contributed by atoms with Crippen LogP contribution < -0.4 is 5.73 Å². The van der Waals surface area contributed by atoms with Crippen molar-refractivity contribution in [2.24, 2.45) is 12.8 Å². The molecule has 1 aliphatic rings. The van der Waals surface area contributed by atoms with Crippen LogP contribution in [-0.2, 0) is 31.4 Å². The quantitative estimate of drug-likeness (QED) is 0.893. The Kier molecular flexibility index (Phi) is 5.18. The van der Waals surface area contributed by atoms with Crippen molar-refractivity contribution in [2.75, 3.05) is 19.7 Å². The van der Waals surface area contributed by atoms with Crippen molar-refractivity contribution in [3.8, 4) is 0 Å². The number of benzene rings is 1. The van der Waals surface area contributed by atoms with E-state index in [1.807, 2.05) is 31.3 Å². The number of carbonyl (C=O) groups is 1. The van der Waals surface area contributed by atoms with E-state index in [0.29, 0.717) is 43.6 Å². The molecule has 0 fully saturated rings. The van der Waals surface area contributed by atoms with E-state index in [2.05, 4.69) is 5.10 Å². The molecule has 0 spiro atoms. The van der Waals surface area contributed by atoms with Crippen LogP contribution in [0.5, 0.6) is 0 Å². The minimum absolute atomic E-state index is 0.122. The predicted octanol–water partition coefficient (Wildman–Crippen LogP) is 1.75. The molecule has 0 unspecified atom stereocenters. The highest BCUT2D eigenvalue weighted by Crippen LogP contribution is 2.22. The molecule has 2 aromatic rings. The summed E-state index contributed by atoms with van der Waals surface area (Å²) in [4.78, 5) is 14.7. The van der Waals surface area contributed by atoms with Gasteiger partial charge in [-0.25, -0.2) is 0 Å². The van der Waals surface area contributed by atoms with Crippen molar-refractivity contribution in [2.45, 2.75) is 19.6 Å². The Labute approximate surface area is 146 Å². The summed E-state index contributed by atoms with van der Waals surface area (Å²) < 4.78 is 7.29. The van der Waals surface area contributed by atoms with E-state index in [1.54, 1.807) is 9.58 Å². The normalized spacial score (nSPS) is 13.6. The Morgan fingerprint density at radius 1 is 1.50 bits per heavy atom. The largest absolute Gasteiger partial charge is 0.376 e. The molecule has 0 aliphatic carbocycles. The summed E-state index contributed by atoms with van der Waals surface area (Å²) >= 11 is 6.04. The number of ether oxygens (including phenoxy) is 1. The van der Waals surface area contributed by atoms with Crippen molar-refractivity contribution in [1.29, 1.82) is 0 Å². The SMILES string of the molecule is Cn1nc(C(=O)N(CCN)Cc2cccc(Cl)c2)c2c1CCOC2. The van der Waals surface area contributed by atoms with E-state index in [1.165, 1.54) is 0 Å². The molecule has 2 N–H and O–H groups in total. The second-order valence-corrected chi connectivity index (χ2v) is 6.28.